The average molecular weight is 238 g/mol. The third kappa shape index (κ3) is 10.9. The van der Waals surface area contributed by atoms with Gasteiger partial charge in [0.15, 0.2) is 12.0 Å². The first-order valence-electron chi connectivity index (χ1n) is 4.56. The second kappa shape index (κ2) is 10.4. The Hall–Kier alpha value is -1.15. The summed E-state index contributed by atoms with van der Waals surface area (Å²) >= 11 is 0. The maximum atomic E-state index is 10.3. The topological polar surface area (TPSA) is 127 Å². The molecule has 0 aromatic carbocycles. The van der Waals surface area contributed by atoms with Crippen molar-refractivity contribution in [1.29, 1.82) is 0 Å². The van der Waals surface area contributed by atoms with Gasteiger partial charge < -0.3 is 30.3 Å². The van der Waals surface area contributed by atoms with Gasteiger partial charge >= 0.3 is 5.97 Å². The van der Waals surface area contributed by atoms with Crippen molar-refractivity contribution in [3.05, 3.63) is 12.3 Å². The number of carbonyl (C=O) groups excluding carboxylic acids is 1. The van der Waals surface area contributed by atoms with Gasteiger partial charge in [0.2, 0.25) is 0 Å². The Kier molecular flexibility index (Phi) is 11.2. The van der Waals surface area contributed by atoms with Crippen LogP contribution in [0, 0.1) is 0 Å². The molecule has 0 aromatic rings. The summed E-state index contributed by atoms with van der Waals surface area (Å²) in [5.41, 5.74) is 0. The highest BCUT2D eigenvalue weighted by Crippen LogP contribution is 1.89. The summed E-state index contributed by atoms with van der Waals surface area (Å²) in [4.78, 5) is 10.3. The van der Waals surface area contributed by atoms with Crippen LogP contribution in [0.1, 0.15) is 13.3 Å². The molecule has 0 fully saturated rings. The van der Waals surface area contributed by atoms with Crippen LogP contribution in [0.25, 0.3) is 0 Å². The number of ether oxygens (including phenoxy) is 1. The van der Waals surface area contributed by atoms with E-state index < -0.39 is 30.7 Å². The quantitative estimate of drug-likeness (QED) is 0.173. The highest BCUT2D eigenvalue weighted by molar-refractivity contribution is 5.84. The van der Waals surface area contributed by atoms with Crippen molar-refractivity contribution in [2.24, 2.45) is 0 Å². The van der Waals surface area contributed by atoms with Gasteiger partial charge in [-0.05, 0) is 13.0 Å². The van der Waals surface area contributed by atoms with Crippen LogP contribution in [-0.2, 0) is 9.53 Å². The zero-order valence-electron chi connectivity index (χ0n) is 9.04. The lowest BCUT2D eigenvalue weighted by atomic mass is 10.4. The van der Waals surface area contributed by atoms with Gasteiger partial charge in [-0.15, -0.1) is 0 Å². The van der Waals surface area contributed by atoms with E-state index in [9.17, 15) is 4.79 Å². The van der Waals surface area contributed by atoms with Crippen molar-refractivity contribution in [2.45, 2.75) is 25.7 Å². The van der Waals surface area contributed by atoms with E-state index in [1.807, 2.05) is 6.92 Å². The molecular weight excluding hydrogens is 220 g/mol. The fourth-order valence-electron chi connectivity index (χ4n) is 0.372. The molecular formula is C9H18O7. The van der Waals surface area contributed by atoms with Gasteiger partial charge in [-0.1, -0.05) is 6.92 Å². The van der Waals surface area contributed by atoms with Crippen LogP contribution >= 0.6 is 0 Å². The summed E-state index contributed by atoms with van der Waals surface area (Å²) in [6, 6.07) is 0. The molecule has 0 bridgehead atoms. The first kappa shape index (κ1) is 17.3. The predicted molar refractivity (Wildman–Crippen MR) is 54.3 cm³/mol. The molecule has 0 saturated heterocycles. The second-order valence-corrected chi connectivity index (χ2v) is 2.75. The molecule has 0 aliphatic heterocycles. The Balaban J connectivity index is 0. The molecule has 7 nitrogen and oxygen atoms in total. The highest BCUT2D eigenvalue weighted by Gasteiger charge is 2.08. The third-order valence-corrected chi connectivity index (χ3v) is 1.20. The lowest BCUT2D eigenvalue weighted by Gasteiger charge is -2.06. The summed E-state index contributed by atoms with van der Waals surface area (Å²) in [6.07, 6.45) is -2.51. The van der Waals surface area contributed by atoms with Gasteiger partial charge in [0.1, 0.15) is 6.10 Å². The molecule has 7 heteroatoms. The first-order chi connectivity index (χ1) is 7.36. The molecule has 0 aromatic heterocycles. The number of hydrogen-bond donors (Lipinski definition) is 5. The van der Waals surface area contributed by atoms with E-state index in [4.69, 9.17) is 25.5 Å². The van der Waals surface area contributed by atoms with E-state index in [0.717, 1.165) is 6.42 Å². The van der Waals surface area contributed by atoms with Gasteiger partial charge in [-0.2, -0.15) is 0 Å². The first-order valence-corrected chi connectivity index (χ1v) is 4.56. The highest BCUT2D eigenvalue weighted by atomic mass is 16.5. The van der Waals surface area contributed by atoms with Gasteiger partial charge in [0.25, 0.3) is 0 Å². The fraction of sp³-hybridized carbons (Fsp3) is 0.667. The van der Waals surface area contributed by atoms with E-state index in [-0.39, 0.29) is 0 Å². The number of aliphatic hydroxyl groups is 5. The Morgan fingerprint density at radius 3 is 2.06 bits per heavy atom. The number of carbonyl (C=O) groups is 1. The molecule has 16 heavy (non-hydrogen) atoms. The standard InChI is InChI=1S/C6H10O3.C3H8O4/c1-3-4-9-6(8)5(2)7;4-1-2(5)3(6)7/h7H,2-4H2,1H3;2-7H,1H2. The molecule has 96 valence electrons. The minimum atomic E-state index is -1.83. The molecule has 0 heterocycles. The average Bonchev–Trinajstić information content (AvgIpc) is 2.25. The fourth-order valence-corrected chi connectivity index (χ4v) is 0.372. The lowest BCUT2D eigenvalue weighted by molar-refractivity contribution is -0.142. The minimum absolute atomic E-state index is 0.332. The number of aliphatic hydroxyl groups excluding tert-OH is 4. The molecule has 0 aliphatic carbocycles. The Morgan fingerprint density at radius 2 is 1.88 bits per heavy atom. The van der Waals surface area contributed by atoms with E-state index in [2.05, 4.69) is 11.3 Å². The van der Waals surface area contributed by atoms with Gasteiger partial charge in [-0.25, -0.2) is 4.79 Å². The van der Waals surface area contributed by atoms with E-state index in [1.54, 1.807) is 0 Å². The molecule has 0 aliphatic rings. The molecule has 0 saturated carbocycles. The minimum Gasteiger partial charge on any atom is -0.502 e. The summed E-state index contributed by atoms with van der Waals surface area (Å²) < 4.78 is 4.46. The SMILES string of the molecule is C=C(O)C(=O)OCCC.OCC(O)C(O)O. The van der Waals surface area contributed by atoms with Crippen LogP contribution < -0.4 is 0 Å². The van der Waals surface area contributed by atoms with Gasteiger partial charge in [-0.3, -0.25) is 0 Å². The molecule has 1 unspecified atom stereocenters. The Morgan fingerprint density at radius 1 is 1.38 bits per heavy atom. The van der Waals surface area contributed by atoms with Crippen molar-refractivity contribution < 1.29 is 35.1 Å². The molecule has 0 amide bonds. The molecule has 0 rings (SSSR count). The third-order valence-electron chi connectivity index (χ3n) is 1.20. The van der Waals surface area contributed by atoms with Crippen molar-refractivity contribution in [3.8, 4) is 0 Å². The lowest BCUT2D eigenvalue weighted by Crippen LogP contribution is -2.28. The smallest absolute Gasteiger partial charge is 0.372 e. The second-order valence-electron chi connectivity index (χ2n) is 2.75. The van der Waals surface area contributed by atoms with E-state index >= 15 is 0 Å². The van der Waals surface area contributed by atoms with Crippen LogP contribution in [-0.4, -0.2) is 57.1 Å². The molecule has 1 atom stereocenters. The zero-order valence-corrected chi connectivity index (χ0v) is 9.04. The Bertz CT molecular complexity index is 202. The number of rotatable bonds is 5. The predicted octanol–water partition coefficient (Wildman–Crippen LogP) is -1.34. The summed E-state index contributed by atoms with van der Waals surface area (Å²) in [5.74, 6) is -1.28. The van der Waals surface area contributed by atoms with Crippen molar-refractivity contribution >= 4 is 5.97 Å². The van der Waals surface area contributed by atoms with E-state index in [0.29, 0.717) is 6.61 Å². The molecule has 0 spiro atoms. The maximum absolute atomic E-state index is 10.3. The summed E-state index contributed by atoms with van der Waals surface area (Å²) in [6.45, 7) is 4.56. The molecule has 0 radical (unpaired) electrons. The van der Waals surface area contributed by atoms with Crippen LogP contribution in [0.4, 0.5) is 0 Å². The van der Waals surface area contributed by atoms with Crippen LogP contribution in [0.3, 0.4) is 0 Å². The van der Waals surface area contributed by atoms with Gasteiger partial charge in [0.05, 0.1) is 13.2 Å². The van der Waals surface area contributed by atoms with Crippen LogP contribution in [0.2, 0.25) is 0 Å². The largest absolute Gasteiger partial charge is 0.502 e. The number of hydrogen-bond acceptors (Lipinski definition) is 7. The van der Waals surface area contributed by atoms with E-state index in [1.165, 1.54) is 0 Å². The summed E-state index contributed by atoms with van der Waals surface area (Å²) in [5, 5.41) is 40.4. The monoisotopic (exact) mass is 238 g/mol. The van der Waals surface area contributed by atoms with Gasteiger partial charge in [0, 0.05) is 0 Å². The van der Waals surface area contributed by atoms with Crippen molar-refractivity contribution in [3.63, 3.8) is 0 Å². The normalized spacial score (nSPS) is 11.4. The van der Waals surface area contributed by atoms with Crippen molar-refractivity contribution in [2.75, 3.05) is 13.2 Å². The Labute approximate surface area is 93.2 Å². The maximum Gasteiger partial charge on any atom is 0.372 e. The van der Waals surface area contributed by atoms with Crippen molar-refractivity contribution in [1.82, 2.24) is 0 Å². The summed E-state index contributed by atoms with van der Waals surface area (Å²) in [7, 11) is 0. The molecule has 5 N–H and O–H groups in total. The van der Waals surface area contributed by atoms with Crippen LogP contribution in [0.15, 0.2) is 12.3 Å². The zero-order chi connectivity index (χ0) is 13.1. The van der Waals surface area contributed by atoms with Crippen LogP contribution in [0.5, 0.6) is 0 Å². The number of esters is 1.